The number of ether oxygens (including phenoxy) is 2. The monoisotopic (exact) mass is 417 g/mol. The number of esters is 2. The van der Waals surface area contributed by atoms with Crippen molar-refractivity contribution in [2.45, 2.75) is 47.0 Å². The number of rotatable bonds is 6. The van der Waals surface area contributed by atoms with Crippen molar-refractivity contribution in [3.63, 3.8) is 0 Å². The van der Waals surface area contributed by atoms with Crippen LogP contribution in [0, 0.1) is 13.8 Å². The van der Waals surface area contributed by atoms with Gasteiger partial charge in [-0.2, -0.15) is 0 Å². The van der Waals surface area contributed by atoms with Crippen molar-refractivity contribution in [3.05, 3.63) is 51.4 Å². The van der Waals surface area contributed by atoms with Crippen molar-refractivity contribution in [3.8, 4) is 0 Å². The van der Waals surface area contributed by atoms with Crippen LogP contribution in [0.5, 0.6) is 0 Å². The number of nitrogens with one attached hydrogen (secondary N) is 1. The average molecular weight is 418 g/mol. The molecule has 0 atom stereocenters. The third kappa shape index (κ3) is 5.67. The standard InChI is InChI=1S/C22H27NO5S/c1-7-27-21(26)18-13(2)14(3)29-19(18)23-17(24)12-28-20(25)15-8-10-16(11-9-15)22(4,5)6/h8-11H,7,12H2,1-6H3,(H,23,24). The maximum absolute atomic E-state index is 12.3. The van der Waals surface area contributed by atoms with Crippen molar-refractivity contribution >= 4 is 34.2 Å². The number of anilines is 1. The Morgan fingerprint density at radius 2 is 1.62 bits per heavy atom. The number of hydrogen-bond acceptors (Lipinski definition) is 6. The van der Waals surface area contributed by atoms with Crippen LogP contribution in [0.4, 0.5) is 5.00 Å². The highest BCUT2D eigenvalue weighted by atomic mass is 32.1. The molecule has 1 aromatic carbocycles. The minimum absolute atomic E-state index is 0.0179. The van der Waals surface area contributed by atoms with Gasteiger partial charge in [-0.1, -0.05) is 32.9 Å². The zero-order chi connectivity index (χ0) is 21.8. The Morgan fingerprint density at radius 3 is 2.17 bits per heavy atom. The summed E-state index contributed by atoms with van der Waals surface area (Å²) >= 11 is 1.28. The fourth-order valence-corrected chi connectivity index (χ4v) is 3.71. The van der Waals surface area contributed by atoms with Gasteiger partial charge in [-0.15, -0.1) is 11.3 Å². The number of thiophene rings is 1. The lowest BCUT2D eigenvalue weighted by Crippen LogP contribution is -2.22. The Hall–Kier alpha value is -2.67. The summed E-state index contributed by atoms with van der Waals surface area (Å²) in [5.41, 5.74) is 2.56. The van der Waals surface area contributed by atoms with Crippen LogP contribution >= 0.6 is 11.3 Å². The number of carbonyl (C=O) groups is 3. The van der Waals surface area contributed by atoms with Gasteiger partial charge in [0.25, 0.3) is 5.91 Å². The summed E-state index contributed by atoms with van der Waals surface area (Å²) in [6.45, 7) is 11.4. The topological polar surface area (TPSA) is 81.7 Å². The van der Waals surface area contributed by atoms with E-state index in [4.69, 9.17) is 9.47 Å². The summed E-state index contributed by atoms with van der Waals surface area (Å²) in [6.07, 6.45) is 0. The van der Waals surface area contributed by atoms with Gasteiger partial charge in [-0.05, 0) is 49.4 Å². The fraction of sp³-hybridized carbons (Fsp3) is 0.409. The van der Waals surface area contributed by atoms with E-state index >= 15 is 0 Å². The summed E-state index contributed by atoms with van der Waals surface area (Å²) in [7, 11) is 0. The van der Waals surface area contributed by atoms with Gasteiger partial charge >= 0.3 is 11.9 Å². The van der Waals surface area contributed by atoms with Gasteiger partial charge < -0.3 is 14.8 Å². The van der Waals surface area contributed by atoms with Crippen LogP contribution < -0.4 is 5.32 Å². The van der Waals surface area contributed by atoms with Crippen molar-refractivity contribution in [1.29, 1.82) is 0 Å². The summed E-state index contributed by atoms with van der Waals surface area (Å²) in [5, 5.41) is 3.05. The largest absolute Gasteiger partial charge is 0.462 e. The van der Waals surface area contributed by atoms with Gasteiger partial charge in [0.15, 0.2) is 6.61 Å². The predicted octanol–water partition coefficient (Wildman–Crippen LogP) is 4.63. The molecule has 0 saturated heterocycles. The van der Waals surface area contributed by atoms with E-state index in [0.29, 0.717) is 16.1 Å². The maximum atomic E-state index is 12.3. The molecule has 1 N–H and O–H groups in total. The average Bonchev–Trinajstić information content (AvgIpc) is 2.92. The van der Waals surface area contributed by atoms with Crippen LogP contribution in [0.25, 0.3) is 0 Å². The quantitative estimate of drug-likeness (QED) is 0.693. The molecule has 0 aliphatic carbocycles. The van der Waals surface area contributed by atoms with E-state index in [1.807, 2.05) is 19.1 Å². The molecular formula is C22H27NO5S. The zero-order valence-corrected chi connectivity index (χ0v) is 18.5. The molecular weight excluding hydrogens is 390 g/mol. The van der Waals surface area contributed by atoms with Gasteiger partial charge in [0.2, 0.25) is 0 Å². The first-order valence-electron chi connectivity index (χ1n) is 9.39. The first-order chi connectivity index (χ1) is 13.5. The van der Waals surface area contributed by atoms with Gasteiger partial charge in [0, 0.05) is 4.88 Å². The molecule has 1 heterocycles. The van der Waals surface area contributed by atoms with Crippen LogP contribution in [-0.4, -0.2) is 31.1 Å². The van der Waals surface area contributed by atoms with Crippen molar-refractivity contribution < 1.29 is 23.9 Å². The first kappa shape index (κ1) is 22.6. The van der Waals surface area contributed by atoms with Crippen LogP contribution in [-0.2, 0) is 19.7 Å². The lowest BCUT2D eigenvalue weighted by molar-refractivity contribution is -0.119. The van der Waals surface area contributed by atoms with Crippen LogP contribution in [0.1, 0.15) is 64.4 Å². The van der Waals surface area contributed by atoms with Crippen LogP contribution in [0.15, 0.2) is 24.3 Å². The SMILES string of the molecule is CCOC(=O)c1c(NC(=O)COC(=O)c2ccc(C(C)(C)C)cc2)sc(C)c1C. The molecule has 0 fully saturated rings. The second-order valence-corrected chi connectivity index (χ2v) is 8.88. The molecule has 0 spiro atoms. The molecule has 0 radical (unpaired) electrons. The van der Waals surface area contributed by atoms with E-state index in [0.717, 1.165) is 16.0 Å². The Morgan fingerprint density at radius 1 is 1.00 bits per heavy atom. The molecule has 6 nitrogen and oxygen atoms in total. The summed E-state index contributed by atoms with van der Waals surface area (Å²) in [5.74, 6) is -1.58. The minimum Gasteiger partial charge on any atom is -0.462 e. The fourth-order valence-electron chi connectivity index (χ4n) is 2.65. The molecule has 29 heavy (non-hydrogen) atoms. The number of amides is 1. The highest BCUT2D eigenvalue weighted by Crippen LogP contribution is 2.33. The molecule has 2 rings (SSSR count). The molecule has 0 unspecified atom stereocenters. The molecule has 0 saturated carbocycles. The van der Waals surface area contributed by atoms with Gasteiger partial charge in [-0.3, -0.25) is 4.79 Å². The molecule has 0 aliphatic rings. The minimum atomic E-state index is -0.579. The van der Waals surface area contributed by atoms with E-state index in [9.17, 15) is 14.4 Å². The summed E-state index contributed by atoms with van der Waals surface area (Å²) in [4.78, 5) is 37.5. The number of hydrogen-bond donors (Lipinski definition) is 1. The highest BCUT2D eigenvalue weighted by molar-refractivity contribution is 7.16. The van der Waals surface area contributed by atoms with Crippen LogP contribution in [0.3, 0.4) is 0 Å². The summed E-state index contributed by atoms with van der Waals surface area (Å²) in [6, 6.07) is 7.12. The second kappa shape index (κ2) is 9.22. The van der Waals surface area contributed by atoms with E-state index in [2.05, 4.69) is 26.1 Å². The Balaban J connectivity index is 2.01. The molecule has 2 aromatic rings. The number of aryl methyl sites for hydroxylation is 1. The summed E-state index contributed by atoms with van der Waals surface area (Å²) < 4.78 is 10.2. The Labute approximate surface area is 175 Å². The maximum Gasteiger partial charge on any atom is 0.341 e. The van der Waals surface area contributed by atoms with E-state index in [1.54, 1.807) is 26.0 Å². The normalized spacial score (nSPS) is 11.1. The van der Waals surface area contributed by atoms with Gasteiger partial charge in [-0.25, -0.2) is 9.59 Å². The zero-order valence-electron chi connectivity index (χ0n) is 17.7. The third-order valence-corrected chi connectivity index (χ3v) is 5.56. The van der Waals surface area contributed by atoms with E-state index in [1.165, 1.54) is 11.3 Å². The van der Waals surface area contributed by atoms with Crippen molar-refractivity contribution in [2.75, 3.05) is 18.5 Å². The van der Waals surface area contributed by atoms with Gasteiger partial charge in [0.1, 0.15) is 5.00 Å². The third-order valence-electron chi connectivity index (χ3n) is 4.44. The van der Waals surface area contributed by atoms with Gasteiger partial charge in [0.05, 0.1) is 17.7 Å². The molecule has 0 bridgehead atoms. The number of carbonyl (C=O) groups excluding carboxylic acids is 3. The highest BCUT2D eigenvalue weighted by Gasteiger charge is 2.22. The molecule has 156 valence electrons. The Kier molecular flexibility index (Phi) is 7.19. The van der Waals surface area contributed by atoms with Crippen molar-refractivity contribution in [1.82, 2.24) is 0 Å². The second-order valence-electron chi connectivity index (χ2n) is 7.66. The molecule has 1 amide bonds. The molecule has 7 heteroatoms. The van der Waals surface area contributed by atoms with Crippen molar-refractivity contribution in [2.24, 2.45) is 0 Å². The predicted molar refractivity (Wildman–Crippen MR) is 114 cm³/mol. The van der Waals surface area contributed by atoms with E-state index < -0.39 is 24.5 Å². The Bertz CT molecular complexity index is 907. The molecule has 0 aliphatic heterocycles. The smallest absolute Gasteiger partial charge is 0.341 e. The van der Waals surface area contributed by atoms with E-state index in [-0.39, 0.29) is 12.0 Å². The lowest BCUT2D eigenvalue weighted by atomic mass is 9.87. The number of benzene rings is 1. The lowest BCUT2D eigenvalue weighted by Gasteiger charge is -2.18. The van der Waals surface area contributed by atoms with Crippen LogP contribution in [0.2, 0.25) is 0 Å². The molecule has 1 aromatic heterocycles. The first-order valence-corrected chi connectivity index (χ1v) is 10.2.